The van der Waals surface area contributed by atoms with E-state index in [-0.39, 0.29) is 28.9 Å². The Morgan fingerprint density at radius 1 is 1.14 bits per heavy atom. The van der Waals surface area contributed by atoms with Gasteiger partial charge in [-0.2, -0.15) is 0 Å². The quantitative estimate of drug-likeness (QED) is 0.127. The Labute approximate surface area is 226 Å². The van der Waals surface area contributed by atoms with Crippen LogP contribution in [0.1, 0.15) is 43.5 Å². The minimum absolute atomic E-state index is 0.0925. The number of hydrogen-bond acceptors (Lipinski definition) is 7. The second-order valence-corrected chi connectivity index (χ2v) is 9.98. The van der Waals surface area contributed by atoms with Crippen molar-refractivity contribution in [2.45, 2.75) is 39.1 Å². The molecule has 1 aromatic rings. The Hall–Kier alpha value is -2.06. The van der Waals surface area contributed by atoms with Crippen LogP contribution in [0.2, 0.25) is 10.0 Å². The van der Waals surface area contributed by atoms with E-state index in [2.05, 4.69) is 10.3 Å². The number of aliphatic carboxylic acids is 2. The van der Waals surface area contributed by atoms with Crippen molar-refractivity contribution in [3.05, 3.63) is 33.8 Å². The second-order valence-electron chi connectivity index (χ2n) is 7.91. The van der Waals surface area contributed by atoms with Crippen molar-refractivity contribution >= 4 is 80.1 Å². The molecule has 14 heteroatoms. The molecule has 0 aliphatic heterocycles. The monoisotopic (exact) mass is 642 g/mol. The number of hydrogen-bond donors (Lipinski definition) is 3. The van der Waals surface area contributed by atoms with Gasteiger partial charge in [0.1, 0.15) is 0 Å². The Bertz CT molecular complexity index is 947. The van der Waals surface area contributed by atoms with Crippen molar-refractivity contribution in [3.63, 3.8) is 0 Å². The van der Waals surface area contributed by atoms with Crippen LogP contribution < -0.4 is 5.32 Å². The number of halogens is 3. The highest BCUT2D eigenvalue weighted by Gasteiger charge is 2.34. The predicted octanol–water partition coefficient (Wildman–Crippen LogP) is 3.75. The summed E-state index contributed by atoms with van der Waals surface area (Å²) in [5.74, 6) is -5.74. The average Bonchev–Trinajstić information content (AvgIpc) is 2.75. The van der Waals surface area contributed by atoms with Crippen LogP contribution in [0, 0.1) is 11.8 Å². The maximum atomic E-state index is 12.5. The molecule has 10 nitrogen and oxygen atoms in total. The summed E-state index contributed by atoms with van der Waals surface area (Å²) in [5, 5.41) is 21.2. The number of carbonyl (C=O) groups is 4. The van der Waals surface area contributed by atoms with Crippen LogP contribution in [0.3, 0.4) is 0 Å². The first-order valence-electron chi connectivity index (χ1n) is 10.5. The van der Waals surface area contributed by atoms with E-state index in [1.54, 1.807) is 6.07 Å². The first kappa shape index (κ1) is 31.0. The van der Waals surface area contributed by atoms with E-state index < -0.39 is 53.3 Å². The molecule has 0 aliphatic rings. The van der Waals surface area contributed by atoms with Crippen molar-refractivity contribution in [1.82, 2.24) is 5.32 Å². The summed E-state index contributed by atoms with van der Waals surface area (Å²) in [6.07, 6.45) is -0.883. The summed E-state index contributed by atoms with van der Waals surface area (Å²) >= 11 is 13.8. The van der Waals surface area contributed by atoms with Crippen molar-refractivity contribution in [2.75, 3.05) is 13.7 Å². The number of rotatable bonds is 13. The van der Waals surface area contributed by atoms with Gasteiger partial charge in [-0.05, 0) is 30.5 Å². The largest absolute Gasteiger partial charge is 0.523 e. The summed E-state index contributed by atoms with van der Waals surface area (Å²) in [7, 11) is 1.37. The van der Waals surface area contributed by atoms with Crippen LogP contribution in [0.25, 0.3) is 0 Å². The maximum absolute atomic E-state index is 12.5. The molecule has 0 bridgehead atoms. The molecule has 35 heavy (non-hydrogen) atoms. The summed E-state index contributed by atoms with van der Waals surface area (Å²) in [6, 6.07) is 4.48. The number of methoxy groups -OCH3 is 1. The zero-order valence-corrected chi connectivity index (χ0v) is 23.0. The Kier molecular flexibility index (Phi) is 13.4. The molecule has 0 saturated heterocycles. The van der Waals surface area contributed by atoms with Gasteiger partial charge in [0.25, 0.3) is 11.9 Å². The van der Waals surface area contributed by atoms with Crippen LogP contribution in [-0.4, -0.2) is 64.3 Å². The first-order chi connectivity index (χ1) is 16.3. The lowest BCUT2D eigenvalue weighted by Crippen LogP contribution is -2.37. The van der Waals surface area contributed by atoms with E-state index in [4.69, 9.17) is 42.8 Å². The summed E-state index contributed by atoms with van der Waals surface area (Å²) in [4.78, 5) is 51.5. The van der Waals surface area contributed by atoms with Gasteiger partial charge in [0.05, 0.1) is 48.9 Å². The van der Waals surface area contributed by atoms with E-state index >= 15 is 0 Å². The van der Waals surface area contributed by atoms with Gasteiger partial charge < -0.3 is 24.9 Å². The molecule has 1 amide bonds. The smallest absolute Gasteiger partial charge is 0.457 e. The molecule has 0 fully saturated rings. The number of nitrogens with one attached hydrogen (secondary N) is 1. The van der Waals surface area contributed by atoms with Crippen LogP contribution in [0.5, 0.6) is 0 Å². The molecule has 192 valence electrons. The third-order valence-electron chi connectivity index (χ3n) is 4.54. The number of amides is 1. The fraction of sp³-hybridized carbons (Fsp3) is 0.476. The summed E-state index contributed by atoms with van der Waals surface area (Å²) in [5.41, 5.74) is 0.178. The van der Waals surface area contributed by atoms with E-state index in [1.165, 1.54) is 19.2 Å². The number of nitrogens with zero attached hydrogens (tertiary/aromatic N) is 1. The van der Waals surface area contributed by atoms with Crippen LogP contribution in [-0.2, 0) is 23.8 Å². The SMILES string of the molecule is COC(CNC(=O)c1cc(Cl)ccc1Cl)=N[C@@H](CC(C)C)B(I)OC(=O)C(CC(=O)O)CC(=O)O. The number of carboxylic acid groups (broad SMARTS) is 2. The molecule has 0 spiro atoms. The lowest BCUT2D eigenvalue weighted by molar-refractivity contribution is -0.150. The van der Waals surface area contributed by atoms with Gasteiger partial charge >= 0.3 is 16.7 Å². The molecule has 1 atom stereocenters. The number of ether oxygens (including phenoxy) is 1. The van der Waals surface area contributed by atoms with Gasteiger partial charge in [-0.15, -0.1) is 0 Å². The Morgan fingerprint density at radius 2 is 1.74 bits per heavy atom. The van der Waals surface area contributed by atoms with Gasteiger partial charge in [0.15, 0.2) is 0 Å². The zero-order valence-electron chi connectivity index (χ0n) is 19.3. The van der Waals surface area contributed by atoms with Gasteiger partial charge in [0, 0.05) is 5.02 Å². The molecule has 0 aromatic heterocycles. The lowest BCUT2D eigenvalue weighted by atomic mass is 9.81. The van der Waals surface area contributed by atoms with E-state index in [0.29, 0.717) is 11.4 Å². The van der Waals surface area contributed by atoms with E-state index in [9.17, 15) is 19.2 Å². The second kappa shape index (κ2) is 15.1. The highest BCUT2D eigenvalue weighted by Crippen LogP contribution is 2.22. The molecule has 0 heterocycles. The standard InChI is InChI=1S/C21H26BCl2IN2O8/c1-11(2)6-16(22(25)35-21(33)12(7-18(28)29)8-19(30)31)27-17(34-3)10-26-20(32)14-9-13(23)4-5-15(14)24/h4-5,9,11-12,16H,6-8,10H2,1-3H3,(H,26,32)(H,28,29)(H,30,31)/t16-/m0/s1. The average molecular weight is 643 g/mol. The number of carbonyl (C=O) groups excluding carboxylic acids is 2. The molecule has 0 saturated carbocycles. The molecule has 1 rings (SSSR count). The highest BCUT2D eigenvalue weighted by atomic mass is 127. The fourth-order valence-electron chi connectivity index (χ4n) is 2.93. The van der Waals surface area contributed by atoms with Crippen molar-refractivity contribution in [2.24, 2.45) is 16.8 Å². The molecular formula is C21H26BCl2IN2O8. The molecule has 0 radical (unpaired) electrons. The lowest BCUT2D eigenvalue weighted by Gasteiger charge is -2.21. The molecule has 1 aromatic carbocycles. The van der Waals surface area contributed by atoms with Gasteiger partial charge in [-0.25, -0.2) is 0 Å². The third kappa shape index (κ3) is 11.5. The number of carboxylic acids is 2. The molecule has 3 N–H and O–H groups in total. The van der Waals surface area contributed by atoms with Gasteiger partial charge in [-0.1, -0.05) is 59.4 Å². The normalized spacial score (nSPS) is 12.3. The van der Waals surface area contributed by atoms with Crippen LogP contribution in [0.4, 0.5) is 0 Å². The Balaban J connectivity index is 2.99. The molecular weight excluding hydrogens is 617 g/mol. The number of benzene rings is 1. The molecule has 0 unspecified atom stereocenters. The van der Waals surface area contributed by atoms with E-state index in [0.717, 1.165) is 0 Å². The van der Waals surface area contributed by atoms with Crippen LogP contribution in [0.15, 0.2) is 23.2 Å². The minimum Gasteiger partial charge on any atom is -0.523 e. The topological polar surface area (TPSA) is 152 Å². The van der Waals surface area contributed by atoms with Gasteiger partial charge in [-0.3, -0.25) is 24.2 Å². The minimum atomic E-state index is -1.34. The van der Waals surface area contributed by atoms with Crippen molar-refractivity contribution in [1.29, 1.82) is 0 Å². The highest BCUT2D eigenvalue weighted by molar-refractivity contribution is 14.1. The summed E-state index contributed by atoms with van der Waals surface area (Å²) in [6.45, 7) is 3.77. The maximum Gasteiger partial charge on any atom is 0.457 e. The fourth-order valence-corrected chi connectivity index (χ4v) is 4.01. The van der Waals surface area contributed by atoms with Crippen LogP contribution >= 0.6 is 45.6 Å². The predicted molar refractivity (Wildman–Crippen MR) is 140 cm³/mol. The van der Waals surface area contributed by atoms with Crippen molar-refractivity contribution < 1.29 is 38.8 Å². The van der Waals surface area contributed by atoms with Gasteiger partial charge in [0.2, 0.25) is 5.90 Å². The third-order valence-corrected chi connectivity index (χ3v) is 6.19. The summed E-state index contributed by atoms with van der Waals surface area (Å²) < 4.78 is 9.82. The first-order valence-corrected chi connectivity index (χ1v) is 12.5. The number of aliphatic imine (C=N–C) groups is 1. The molecule has 0 aliphatic carbocycles. The Morgan fingerprint density at radius 3 is 2.26 bits per heavy atom. The van der Waals surface area contributed by atoms with Crippen molar-refractivity contribution in [3.8, 4) is 0 Å². The van der Waals surface area contributed by atoms with E-state index in [1.807, 2.05) is 36.2 Å². The zero-order chi connectivity index (χ0) is 26.7.